The number of pyridine rings is 1. The van der Waals surface area contributed by atoms with Crippen LogP contribution in [0, 0.1) is 5.92 Å². The monoisotopic (exact) mass is 357 g/mol. The van der Waals surface area contributed by atoms with E-state index in [-0.39, 0.29) is 11.0 Å². The predicted octanol–water partition coefficient (Wildman–Crippen LogP) is 3.31. The molecular formula is C19H23N3O2S. The largest absolute Gasteiger partial charge is 0.494 e. The Labute approximate surface area is 153 Å². The second kappa shape index (κ2) is 9.74. The molecule has 2 N–H and O–H groups in total. The number of hydrogen-bond acceptors (Lipinski definition) is 4. The van der Waals surface area contributed by atoms with Crippen LogP contribution in [-0.2, 0) is 6.54 Å². The van der Waals surface area contributed by atoms with Crippen molar-refractivity contribution >= 4 is 23.2 Å². The molecule has 1 aromatic heterocycles. The summed E-state index contributed by atoms with van der Waals surface area (Å²) >= 11 is 5.15. The van der Waals surface area contributed by atoms with Gasteiger partial charge >= 0.3 is 0 Å². The molecule has 0 atom stereocenters. The first-order chi connectivity index (χ1) is 12.0. The van der Waals surface area contributed by atoms with Crippen molar-refractivity contribution in [1.29, 1.82) is 0 Å². The highest BCUT2D eigenvalue weighted by atomic mass is 32.1. The van der Waals surface area contributed by atoms with Crippen LogP contribution >= 0.6 is 12.2 Å². The van der Waals surface area contributed by atoms with E-state index in [0.29, 0.717) is 24.6 Å². The topological polar surface area (TPSA) is 63.2 Å². The van der Waals surface area contributed by atoms with Crippen molar-refractivity contribution in [2.45, 2.75) is 26.8 Å². The van der Waals surface area contributed by atoms with Gasteiger partial charge in [-0.2, -0.15) is 0 Å². The Bertz CT molecular complexity index is 688. The molecule has 2 aromatic rings. The number of amides is 1. The Kier molecular flexibility index (Phi) is 7.35. The van der Waals surface area contributed by atoms with Crippen molar-refractivity contribution in [3.05, 3.63) is 59.9 Å². The molecule has 0 bridgehead atoms. The highest BCUT2D eigenvalue weighted by molar-refractivity contribution is 7.80. The molecule has 0 spiro atoms. The van der Waals surface area contributed by atoms with E-state index >= 15 is 0 Å². The van der Waals surface area contributed by atoms with Crippen LogP contribution in [0.2, 0.25) is 0 Å². The van der Waals surface area contributed by atoms with Crippen LogP contribution in [0.5, 0.6) is 5.75 Å². The first-order valence-electron chi connectivity index (χ1n) is 8.25. The molecule has 5 nitrogen and oxygen atoms in total. The maximum atomic E-state index is 12.2. The number of nitrogens with one attached hydrogen (secondary N) is 2. The molecular weight excluding hydrogens is 334 g/mol. The van der Waals surface area contributed by atoms with Crippen LogP contribution in [0.25, 0.3) is 0 Å². The maximum absolute atomic E-state index is 12.2. The highest BCUT2D eigenvalue weighted by Crippen LogP contribution is 2.13. The predicted molar refractivity (Wildman–Crippen MR) is 103 cm³/mol. The summed E-state index contributed by atoms with van der Waals surface area (Å²) in [6.07, 6.45) is 4.45. The van der Waals surface area contributed by atoms with Crippen molar-refractivity contribution in [1.82, 2.24) is 15.6 Å². The summed E-state index contributed by atoms with van der Waals surface area (Å²) in [5, 5.41) is 5.93. The number of nitrogens with zero attached hydrogens (tertiary/aromatic N) is 1. The van der Waals surface area contributed by atoms with E-state index in [1.165, 1.54) is 0 Å². The van der Waals surface area contributed by atoms with E-state index < -0.39 is 0 Å². The second-order valence-corrected chi connectivity index (χ2v) is 6.46. The van der Waals surface area contributed by atoms with Crippen LogP contribution in [0.15, 0.2) is 48.8 Å². The zero-order valence-electron chi connectivity index (χ0n) is 14.5. The van der Waals surface area contributed by atoms with E-state index in [4.69, 9.17) is 17.0 Å². The summed E-state index contributed by atoms with van der Waals surface area (Å²) < 4.78 is 5.64. The van der Waals surface area contributed by atoms with Gasteiger partial charge in [0, 0.05) is 24.5 Å². The van der Waals surface area contributed by atoms with Gasteiger partial charge in [0.25, 0.3) is 5.91 Å². The molecule has 1 amide bonds. The Morgan fingerprint density at radius 1 is 1.24 bits per heavy atom. The highest BCUT2D eigenvalue weighted by Gasteiger charge is 2.08. The van der Waals surface area contributed by atoms with Crippen LogP contribution in [-0.4, -0.2) is 22.6 Å². The van der Waals surface area contributed by atoms with Crippen LogP contribution in [0.3, 0.4) is 0 Å². The van der Waals surface area contributed by atoms with Crippen molar-refractivity contribution in [2.24, 2.45) is 5.92 Å². The Morgan fingerprint density at radius 3 is 2.64 bits per heavy atom. The molecule has 132 valence electrons. The lowest BCUT2D eigenvalue weighted by Crippen LogP contribution is -2.38. The summed E-state index contributed by atoms with van der Waals surface area (Å²) in [6, 6.07) is 10.8. The number of rotatable bonds is 7. The van der Waals surface area contributed by atoms with Crippen LogP contribution < -0.4 is 15.4 Å². The number of carbonyl (C=O) groups is 1. The molecule has 1 heterocycles. The minimum atomic E-state index is -0.252. The molecule has 0 aliphatic heterocycles. The van der Waals surface area contributed by atoms with Gasteiger partial charge in [-0.15, -0.1) is 0 Å². The molecule has 0 fully saturated rings. The van der Waals surface area contributed by atoms with Crippen molar-refractivity contribution in [3.63, 3.8) is 0 Å². The van der Waals surface area contributed by atoms with Gasteiger partial charge in [0.2, 0.25) is 0 Å². The van der Waals surface area contributed by atoms with Crippen LogP contribution in [0.4, 0.5) is 0 Å². The van der Waals surface area contributed by atoms with Gasteiger partial charge < -0.3 is 10.1 Å². The van der Waals surface area contributed by atoms with Crippen molar-refractivity contribution in [2.75, 3.05) is 6.61 Å². The number of benzene rings is 1. The summed E-state index contributed by atoms with van der Waals surface area (Å²) in [5.41, 5.74) is 1.52. The SMILES string of the molecule is CC(C)CCOc1ccc(C(=O)NC(=S)NCc2cccnc2)cc1. The first kappa shape index (κ1) is 18.9. The molecule has 0 radical (unpaired) electrons. The standard InChI is InChI=1S/C19H23N3O2S/c1-14(2)9-11-24-17-7-5-16(6-8-17)18(23)22-19(25)21-13-15-4-3-10-20-12-15/h3-8,10,12,14H,9,11,13H2,1-2H3,(H2,21,22,23,25). The number of thiocarbonyl (C=S) groups is 1. The van der Waals surface area contributed by atoms with Gasteiger partial charge in [-0.05, 0) is 60.5 Å². The van der Waals surface area contributed by atoms with Gasteiger partial charge in [-0.1, -0.05) is 19.9 Å². The van der Waals surface area contributed by atoms with Gasteiger partial charge in [-0.25, -0.2) is 0 Å². The fourth-order valence-electron chi connectivity index (χ4n) is 2.02. The number of aromatic nitrogens is 1. The van der Waals surface area contributed by atoms with E-state index in [9.17, 15) is 4.79 Å². The fraction of sp³-hybridized carbons (Fsp3) is 0.316. The fourth-order valence-corrected chi connectivity index (χ4v) is 2.18. The van der Waals surface area contributed by atoms with Crippen molar-refractivity contribution in [3.8, 4) is 5.75 Å². The van der Waals surface area contributed by atoms with E-state index in [2.05, 4.69) is 29.5 Å². The van der Waals surface area contributed by atoms with Gasteiger partial charge in [0.15, 0.2) is 5.11 Å². The minimum Gasteiger partial charge on any atom is -0.494 e. The summed E-state index contributed by atoms with van der Waals surface area (Å²) in [5.74, 6) is 1.11. The van der Waals surface area contributed by atoms with Crippen molar-refractivity contribution < 1.29 is 9.53 Å². The van der Waals surface area contributed by atoms with E-state index in [1.54, 1.807) is 36.7 Å². The van der Waals surface area contributed by atoms with E-state index in [1.807, 2.05) is 12.1 Å². The maximum Gasteiger partial charge on any atom is 0.257 e. The molecule has 0 aliphatic rings. The third-order valence-electron chi connectivity index (χ3n) is 3.48. The average molecular weight is 357 g/mol. The molecule has 0 aliphatic carbocycles. The average Bonchev–Trinajstić information content (AvgIpc) is 2.61. The quantitative estimate of drug-likeness (QED) is 0.745. The molecule has 0 saturated heterocycles. The molecule has 0 saturated carbocycles. The Balaban J connectivity index is 1.78. The summed E-state index contributed by atoms with van der Waals surface area (Å²) in [4.78, 5) is 16.2. The second-order valence-electron chi connectivity index (χ2n) is 6.05. The Hall–Kier alpha value is -2.47. The molecule has 0 unspecified atom stereocenters. The molecule has 6 heteroatoms. The minimum absolute atomic E-state index is 0.252. The summed E-state index contributed by atoms with van der Waals surface area (Å²) in [7, 11) is 0. The smallest absolute Gasteiger partial charge is 0.257 e. The lowest BCUT2D eigenvalue weighted by Gasteiger charge is -2.10. The number of hydrogen-bond donors (Lipinski definition) is 2. The lowest BCUT2D eigenvalue weighted by atomic mass is 10.1. The third-order valence-corrected chi connectivity index (χ3v) is 3.73. The number of ether oxygens (including phenoxy) is 1. The first-order valence-corrected chi connectivity index (χ1v) is 8.66. The molecule has 25 heavy (non-hydrogen) atoms. The lowest BCUT2D eigenvalue weighted by molar-refractivity contribution is 0.0976. The van der Waals surface area contributed by atoms with Gasteiger partial charge in [0.1, 0.15) is 5.75 Å². The zero-order valence-corrected chi connectivity index (χ0v) is 15.3. The Morgan fingerprint density at radius 2 is 2.00 bits per heavy atom. The molecule has 2 rings (SSSR count). The number of carbonyl (C=O) groups excluding carboxylic acids is 1. The molecule has 1 aromatic carbocycles. The van der Waals surface area contributed by atoms with E-state index in [0.717, 1.165) is 17.7 Å². The summed E-state index contributed by atoms with van der Waals surface area (Å²) in [6.45, 7) is 5.49. The van der Waals surface area contributed by atoms with Crippen LogP contribution in [0.1, 0.15) is 36.2 Å². The van der Waals surface area contributed by atoms with Gasteiger partial charge in [-0.3, -0.25) is 15.1 Å². The normalized spacial score (nSPS) is 10.4. The zero-order chi connectivity index (χ0) is 18.1. The third kappa shape index (κ3) is 6.89. The van der Waals surface area contributed by atoms with Gasteiger partial charge in [0.05, 0.1) is 6.61 Å².